The summed E-state index contributed by atoms with van der Waals surface area (Å²) in [6, 6.07) is 13.2. The van der Waals surface area contributed by atoms with Crippen molar-refractivity contribution in [2.24, 2.45) is 0 Å². The van der Waals surface area contributed by atoms with Gasteiger partial charge < -0.3 is 9.84 Å². The minimum atomic E-state index is -0.250. The smallest absolute Gasteiger partial charge is 0.310 e. The van der Waals surface area contributed by atoms with Crippen LogP contribution in [0.2, 0.25) is 0 Å². The lowest BCUT2D eigenvalue weighted by Gasteiger charge is -2.09. The average Bonchev–Trinajstić information content (AvgIpc) is 2.43. The van der Waals surface area contributed by atoms with Crippen molar-refractivity contribution < 1.29 is 14.6 Å². The summed E-state index contributed by atoms with van der Waals surface area (Å²) in [7, 11) is 0. The van der Waals surface area contributed by atoms with E-state index in [1.807, 2.05) is 56.3 Å². The van der Waals surface area contributed by atoms with Crippen molar-refractivity contribution in [3.05, 3.63) is 64.7 Å². The van der Waals surface area contributed by atoms with Crippen LogP contribution in [0.4, 0.5) is 0 Å². The van der Waals surface area contributed by atoms with Gasteiger partial charge in [-0.15, -0.1) is 0 Å². The molecule has 20 heavy (non-hydrogen) atoms. The van der Waals surface area contributed by atoms with Gasteiger partial charge >= 0.3 is 5.97 Å². The van der Waals surface area contributed by atoms with Crippen molar-refractivity contribution in [1.82, 2.24) is 0 Å². The number of aryl methyl sites for hydroxylation is 2. The second-order valence-electron chi connectivity index (χ2n) is 4.90. The molecule has 1 N–H and O–H groups in total. The number of hydrogen-bond acceptors (Lipinski definition) is 3. The van der Waals surface area contributed by atoms with E-state index in [0.717, 1.165) is 22.3 Å². The van der Waals surface area contributed by atoms with E-state index in [0.29, 0.717) is 5.75 Å². The standard InChI is InChI=1S/C17H18O3/c1-12-8-15(9-13(2)17(12)19)11-20-16(18)10-14-6-4-3-5-7-14/h3-9,19H,10-11H2,1-2H3. The molecule has 104 valence electrons. The third-order valence-corrected chi connectivity index (χ3v) is 3.14. The normalized spacial score (nSPS) is 10.3. The fraction of sp³-hybridized carbons (Fsp3) is 0.235. The Morgan fingerprint density at radius 3 is 2.25 bits per heavy atom. The first-order chi connectivity index (χ1) is 9.56. The molecule has 0 aliphatic heterocycles. The number of rotatable bonds is 4. The minimum Gasteiger partial charge on any atom is -0.507 e. The number of carbonyl (C=O) groups excluding carboxylic acids is 1. The highest BCUT2D eigenvalue weighted by Crippen LogP contribution is 2.23. The molecular weight excluding hydrogens is 252 g/mol. The van der Waals surface area contributed by atoms with Crippen LogP contribution in [0.25, 0.3) is 0 Å². The quantitative estimate of drug-likeness (QED) is 0.867. The minimum absolute atomic E-state index is 0.230. The Balaban J connectivity index is 1.94. The first-order valence-corrected chi connectivity index (χ1v) is 6.55. The third kappa shape index (κ3) is 3.60. The van der Waals surface area contributed by atoms with Crippen LogP contribution in [0.5, 0.6) is 5.75 Å². The molecule has 3 heteroatoms. The predicted octanol–water partition coefficient (Wildman–Crippen LogP) is 3.29. The molecular formula is C17H18O3. The van der Waals surface area contributed by atoms with Crippen LogP contribution in [-0.2, 0) is 22.6 Å². The molecule has 2 aromatic carbocycles. The molecule has 3 nitrogen and oxygen atoms in total. The number of carbonyl (C=O) groups is 1. The molecule has 0 saturated carbocycles. The van der Waals surface area contributed by atoms with Crippen molar-refractivity contribution >= 4 is 5.97 Å². The maximum Gasteiger partial charge on any atom is 0.310 e. The van der Waals surface area contributed by atoms with Gasteiger partial charge in [0.1, 0.15) is 12.4 Å². The highest BCUT2D eigenvalue weighted by molar-refractivity contribution is 5.72. The zero-order valence-corrected chi connectivity index (χ0v) is 11.7. The Morgan fingerprint density at radius 2 is 1.65 bits per heavy atom. The van der Waals surface area contributed by atoms with Crippen LogP contribution < -0.4 is 0 Å². The van der Waals surface area contributed by atoms with E-state index in [1.54, 1.807) is 0 Å². The van der Waals surface area contributed by atoms with Gasteiger partial charge in [-0.25, -0.2) is 0 Å². The topological polar surface area (TPSA) is 46.5 Å². The predicted molar refractivity (Wildman–Crippen MR) is 77.5 cm³/mol. The molecule has 0 spiro atoms. The van der Waals surface area contributed by atoms with E-state index in [4.69, 9.17) is 4.74 Å². The van der Waals surface area contributed by atoms with Gasteiger partial charge in [0.15, 0.2) is 0 Å². The van der Waals surface area contributed by atoms with Crippen LogP contribution in [0.3, 0.4) is 0 Å². The highest BCUT2D eigenvalue weighted by Gasteiger charge is 2.07. The zero-order valence-electron chi connectivity index (χ0n) is 11.7. The lowest BCUT2D eigenvalue weighted by molar-refractivity contribution is -0.144. The molecule has 0 aromatic heterocycles. The lowest BCUT2D eigenvalue weighted by atomic mass is 10.1. The molecule has 0 aliphatic rings. The van der Waals surface area contributed by atoms with Crippen LogP contribution in [0.1, 0.15) is 22.3 Å². The van der Waals surface area contributed by atoms with E-state index >= 15 is 0 Å². The maximum atomic E-state index is 11.8. The molecule has 2 aromatic rings. The first kappa shape index (κ1) is 14.1. The van der Waals surface area contributed by atoms with Gasteiger partial charge in [-0.05, 0) is 48.2 Å². The molecule has 0 fully saturated rings. The summed E-state index contributed by atoms with van der Waals surface area (Å²) in [4.78, 5) is 11.8. The van der Waals surface area contributed by atoms with Gasteiger partial charge in [0.25, 0.3) is 0 Å². The summed E-state index contributed by atoms with van der Waals surface area (Å²) >= 11 is 0. The Hall–Kier alpha value is -2.29. The second-order valence-corrected chi connectivity index (χ2v) is 4.90. The monoisotopic (exact) mass is 270 g/mol. The molecule has 0 amide bonds. The van der Waals surface area contributed by atoms with E-state index < -0.39 is 0 Å². The van der Waals surface area contributed by atoms with Gasteiger partial charge in [-0.2, -0.15) is 0 Å². The number of phenolic OH excluding ortho intramolecular Hbond substituents is 1. The number of hydrogen-bond donors (Lipinski definition) is 1. The SMILES string of the molecule is Cc1cc(COC(=O)Cc2ccccc2)cc(C)c1O. The molecule has 0 aliphatic carbocycles. The van der Waals surface area contributed by atoms with Gasteiger partial charge in [0, 0.05) is 0 Å². The van der Waals surface area contributed by atoms with Crippen molar-refractivity contribution in [2.45, 2.75) is 26.9 Å². The summed E-state index contributed by atoms with van der Waals surface area (Å²) in [6.07, 6.45) is 0.275. The van der Waals surface area contributed by atoms with Crippen molar-refractivity contribution in [3.8, 4) is 5.75 Å². The Bertz CT molecular complexity index is 580. The van der Waals surface area contributed by atoms with Crippen LogP contribution >= 0.6 is 0 Å². The van der Waals surface area contributed by atoms with Gasteiger partial charge in [-0.3, -0.25) is 4.79 Å². The molecule has 0 unspecified atom stereocenters. The highest BCUT2D eigenvalue weighted by atomic mass is 16.5. The lowest BCUT2D eigenvalue weighted by Crippen LogP contribution is -2.08. The summed E-state index contributed by atoms with van der Waals surface area (Å²) in [6.45, 7) is 3.89. The van der Waals surface area contributed by atoms with Crippen LogP contribution in [-0.4, -0.2) is 11.1 Å². The zero-order chi connectivity index (χ0) is 14.5. The molecule has 0 bridgehead atoms. The summed E-state index contributed by atoms with van der Waals surface area (Å²) in [5.41, 5.74) is 3.41. The third-order valence-electron chi connectivity index (χ3n) is 3.14. The number of ether oxygens (including phenoxy) is 1. The molecule has 2 rings (SSSR count). The van der Waals surface area contributed by atoms with Gasteiger partial charge in [-0.1, -0.05) is 30.3 Å². The fourth-order valence-corrected chi connectivity index (χ4v) is 2.11. The van der Waals surface area contributed by atoms with Crippen molar-refractivity contribution in [2.75, 3.05) is 0 Å². The molecule has 0 atom stereocenters. The molecule has 0 radical (unpaired) electrons. The summed E-state index contributed by atoms with van der Waals surface area (Å²) in [5, 5.41) is 9.70. The van der Waals surface area contributed by atoms with Gasteiger partial charge in [0.2, 0.25) is 0 Å². The van der Waals surface area contributed by atoms with E-state index in [-0.39, 0.29) is 19.0 Å². The number of phenols is 1. The Morgan fingerprint density at radius 1 is 1.05 bits per heavy atom. The molecule has 0 saturated heterocycles. The van der Waals surface area contributed by atoms with Crippen LogP contribution in [0, 0.1) is 13.8 Å². The van der Waals surface area contributed by atoms with E-state index in [1.165, 1.54) is 0 Å². The fourth-order valence-electron chi connectivity index (χ4n) is 2.11. The summed E-state index contributed by atoms with van der Waals surface area (Å²) in [5.74, 6) is 0.0453. The van der Waals surface area contributed by atoms with Gasteiger partial charge in [0.05, 0.1) is 6.42 Å². The van der Waals surface area contributed by atoms with E-state index in [9.17, 15) is 9.90 Å². The molecule has 0 heterocycles. The van der Waals surface area contributed by atoms with E-state index in [2.05, 4.69) is 0 Å². The number of esters is 1. The van der Waals surface area contributed by atoms with Crippen molar-refractivity contribution in [3.63, 3.8) is 0 Å². The largest absolute Gasteiger partial charge is 0.507 e. The maximum absolute atomic E-state index is 11.8. The number of aromatic hydroxyl groups is 1. The number of benzene rings is 2. The average molecular weight is 270 g/mol. The first-order valence-electron chi connectivity index (χ1n) is 6.55. The summed E-state index contributed by atoms with van der Waals surface area (Å²) < 4.78 is 5.26. The van der Waals surface area contributed by atoms with Crippen LogP contribution in [0.15, 0.2) is 42.5 Å². The Labute approximate surface area is 118 Å². The van der Waals surface area contributed by atoms with Crippen molar-refractivity contribution in [1.29, 1.82) is 0 Å². The second kappa shape index (κ2) is 6.24. The Kier molecular flexibility index (Phi) is 4.41.